The molecule has 16 heteroatoms. The number of aromatic nitrogens is 2. The van der Waals surface area contributed by atoms with E-state index in [4.69, 9.17) is 29.0 Å². The summed E-state index contributed by atoms with van der Waals surface area (Å²) in [7, 11) is 1.56. The maximum Gasteiger partial charge on any atom is 0.355 e. The molecule has 4 heterocycles. The summed E-state index contributed by atoms with van der Waals surface area (Å²) in [6, 6.07) is 68.6. The predicted octanol–water partition coefficient (Wildman–Crippen LogP) is 11.2. The first-order valence-corrected chi connectivity index (χ1v) is 27.4. The highest BCUT2D eigenvalue weighted by molar-refractivity contribution is 8.00. The highest BCUT2D eigenvalue weighted by atomic mass is 32.2. The fraction of sp³-hybridized carbons (Fsp3) is 0.109. The largest absolute Gasteiger partial charge is 0.497 e. The molecule has 2 atom stereocenters. The van der Waals surface area contributed by atoms with E-state index >= 15 is 4.79 Å². The van der Waals surface area contributed by atoms with E-state index in [1.54, 1.807) is 48.9 Å². The van der Waals surface area contributed by atoms with Crippen molar-refractivity contribution < 1.29 is 33.2 Å². The number of methoxy groups -OCH3 is 1. The lowest BCUT2D eigenvalue weighted by atomic mass is 9.77. The molecule has 2 N–H and O–H groups in total. The maximum atomic E-state index is 15.4. The maximum absolute atomic E-state index is 15.4. The van der Waals surface area contributed by atoms with Crippen LogP contribution in [0.25, 0.3) is 6.08 Å². The molecule has 0 unspecified atom stereocenters. The zero-order valence-electron chi connectivity index (χ0n) is 42.9. The lowest BCUT2D eigenvalue weighted by Gasteiger charge is -2.49. The van der Waals surface area contributed by atoms with Crippen molar-refractivity contribution in [3.8, 4) is 11.8 Å². The summed E-state index contributed by atoms with van der Waals surface area (Å²) in [6.07, 6.45) is 3.19. The number of carbonyl (C=O) groups is 3. The Bertz CT molecular complexity index is 3580. The third-order valence-corrected chi connectivity index (χ3v) is 15.8. The van der Waals surface area contributed by atoms with Crippen LogP contribution in [0.15, 0.2) is 245 Å². The molecule has 11 rings (SSSR count). The molecule has 394 valence electrons. The van der Waals surface area contributed by atoms with Crippen molar-refractivity contribution in [3.63, 3.8) is 0 Å². The number of allylic oxidation sites excluding steroid dienone is 1. The summed E-state index contributed by atoms with van der Waals surface area (Å²) in [5.74, 6) is -0.928. The van der Waals surface area contributed by atoms with Crippen LogP contribution in [0.2, 0.25) is 0 Å². The minimum Gasteiger partial charge on any atom is -0.497 e. The SMILES string of the molecule is COc1ccc(COC(=O)C2=C(/C=C\c3cc(C#N)no3)CS[C@@H]3[C@H](NC(=O)/C(=N\OC(c4ccccc4)(c4ccccc4)c4ccccc4)c4csc(NC(c5ccccc5)(c5ccccc5)c5ccccc5)n4)C(=O)N23)cc1. The van der Waals surface area contributed by atoms with Gasteiger partial charge < -0.3 is 29.5 Å². The van der Waals surface area contributed by atoms with Crippen LogP contribution < -0.4 is 15.4 Å². The van der Waals surface area contributed by atoms with Gasteiger partial charge in [-0.05, 0) is 46.0 Å². The van der Waals surface area contributed by atoms with Gasteiger partial charge in [-0.25, -0.2) is 9.78 Å². The first kappa shape index (κ1) is 52.2. The van der Waals surface area contributed by atoms with Gasteiger partial charge in [-0.3, -0.25) is 14.5 Å². The topological polar surface area (TPSA) is 181 Å². The average Bonchev–Trinajstić information content (AvgIpc) is 4.33. The lowest BCUT2D eigenvalue weighted by Crippen LogP contribution is -2.71. The number of esters is 1. The second kappa shape index (κ2) is 23.4. The molecule has 0 bridgehead atoms. The molecule has 0 spiro atoms. The Morgan fingerprint density at radius 2 is 1.27 bits per heavy atom. The number of fused-ring (bicyclic) bond motifs is 1. The molecule has 80 heavy (non-hydrogen) atoms. The van der Waals surface area contributed by atoms with E-state index in [1.165, 1.54) is 34.1 Å². The first-order valence-electron chi connectivity index (χ1n) is 25.5. The quantitative estimate of drug-likeness (QED) is 0.0257. The Balaban J connectivity index is 0.980. The van der Waals surface area contributed by atoms with Crippen molar-refractivity contribution in [1.82, 2.24) is 20.4 Å². The summed E-state index contributed by atoms with van der Waals surface area (Å²) in [5, 5.41) is 26.2. The molecule has 1 fully saturated rings. The molecule has 1 saturated heterocycles. The second-order valence-corrected chi connectivity index (χ2v) is 20.5. The Hall–Kier alpha value is -9.82. The van der Waals surface area contributed by atoms with Crippen molar-refractivity contribution in [2.24, 2.45) is 5.16 Å². The van der Waals surface area contributed by atoms with Crippen LogP contribution in [0.4, 0.5) is 5.13 Å². The van der Waals surface area contributed by atoms with Crippen LogP contribution in [0, 0.1) is 11.3 Å². The highest BCUT2D eigenvalue weighted by Gasteiger charge is 2.55. The molecule has 2 aromatic heterocycles. The molecule has 7 aromatic carbocycles. The number of thioether (sulfide) groups is 1. The van der Waals surface area contributed by atoms with Crippen molar-refractivity contribution in [3.05, 3.63) is 291 Å². The number of oxime groups is 1. The standard InChI is InChI=1S/C64H49N7O7S2/c1-75-52-35-32-43(33-36-52)40-76-61(74)57-44(34-37-53-38-51(39-65)69-77-53)41-79-60-56(59(73)71(57)60)67-58(72)55(70-78-64(48-26-14-5-15-27-48,49-28-16-6-17-29-49)50-30-18-7-19-31-50)54-42-80-62(66-54)68-63(45-20-8-2-9-21-45,46-22-10-3-11-23-46)47-24-12-4-13-25-47/h2-38,42,56,60H,40-41H2,1H3,(H,66,68)(H,67,72)/b37-34-,70-55-/t56-,60-/m1/s1. The molecule has 2 amide bonds. The Morgan fingerprint density at radius 3 is 1.77 bits per heavy atom. The number of nitrogens with one attached hydrogen (secondary N) is 2. The minimum absolute atomic E-state index is 0.00132. The van der Waals surface area contributed by atoms with Gasteiger partial charge in [-0.1, -0.05) is 211 Å². The number of hydrogen-bond acceptors (Lipinski definition) is 14. The van der Waals surface area contributed by atoms with Gasteiger partial charge in [0.2, 0.25) is 5.60 Å². The normalized spacial score (nSPS) is 15.3. The molecule has 0 saturated carbocycles. The van der Waals surface area contributed by atoms with Gasteiger partial charge in [0.15, 0.2) is 22.3 Å². The van der Waals surface area contributed by atoms with E-state index in [0.717, 1.165) is 33.4 Å². The van der Waals surface area contributed by atoms with Crippen LogP contribution in [-0.2, 0) is 41.7 Å². The van der Waals surface area contributed by atoms with E-state index in [1.807, 2.05) is 152 Å². The number of benzene rings is 7. The zero-order valence-corrected chi connectivity index (χ0v) is 44.6. The van der Waals surface area contributed by atoms with Crippen molar-refractivity contribution in [2.75, 3.05) is 18.2 Å². The molecular weight excluding hydrogens is 1040 g/mol. The highest BCUT2D eigenvalue weighted by Crippen LogP contribution is 2.44. The van der Waals surface area contributed by atoms with E-state index in [2.05, 4.69) is 52.2 Å². The number of thiazole rings is 1. The van der Waals surface area contributed by atoms with E-state index in [0.29, 0.717) is 22.0 Å². The fourth-order valence-electron chi connectivity index (χ4n) is 9.89. The van der Waals surface area contributed by atoms with Gasteiger partial charge in [-0.15, -0.1) is 23.1 Å². The first-order chi connectivity index (χ1) is 39.3. The number of ether oxygens (including phenoxy) is 2. The van der Waals surface area contributed by atoms with Crippen LogP contribution >= 0.6 is 23.1 Å². The number of hydrogen-bond donors (Lipinski definition) is 2. The van der Waals surface area contributed by atoms with Crippen molar-refractivity contribution >= 4 is 57.8 Å². The molecule has 2 aliphatic rings. The number of β-lactam (4-membered cyclic amide) rings is 1. The van der Waals surface area contributed by atoms with Crippen LogP contribution in [0.1, 0.15) is 56.1 Å². The van der Waals surface area contributed by atoms with Gasteiger partial charge in [0, 0.05) is 33.9 Å². The average molecular weight is 1090 g/mol. The third-order valence-electron chi connectivity index (χ3n) is 13.8. The molecular formula is C64H49N7O7S2. The van der Waals surface area contributed by atoms with E-state index in [-0.39, 0.29) is 40.9 Å². The van der Waals surface area contributed by atoms with Crippen LogP contribution in [-0.4, -0.2) is 62.8 Å². The Labute approximate surface area is 469 Å². The summed E-state index contributed by atoms with van der Waals surface area (Å²) < 4.78 is 16.5. The summed E-state index contributed by atoms with van der Waals surface area (Å²) in [4.78, 5) is 57.8. The smallest absolute Gasteiger partial charge is 0.355 e. The minimum atomic E-state index is -1.39. The lowest BCUT2D eigenvalue weighted by molar-refractivity contribution is -0.153. The van der Waals surface area contributed by atoms with Crippen molar-refractivity contribution in [1.29, 1.82) is 5.26 Å². The summed E-state index contributed by atoms with van der Waals surface area (Å²) in [6.45, 7) is -0.0964. The van der Waals surface area contributed by atoms with Crippen molar-refractivity contribution in [2.45, 2.75) is 29.2 Å². The van der Waals surface area contributed by atoms with E-state index < -0.39 is 40.3 Å². The van der Waals surface area contributed by atoms with Gasteiger partial charge in [-0.2, -0.15) is 5.26 Å². The summed E-state index contributed by atoms with van der Waals surface area (Å²) >= 11 is 2.63. The van der Waals surface area contributed by atoms with Gasteiger partial charge in [0.25, 0.3) is 11.8 Å². The predicted molar refractivity (Wildman–Crippen MR) is 307 cm³/mol. The number of anilines is 1. The Morgan fingerprint density at radius 1 is 0.750 bits per heavy atom. The van der Waals surface area contributed by atoms with Gasteiger partial charge >= 0.3 is 5.97 Å². The molecule has 14 nitrogen and oxygen atoms in total. The number of amides is 2. The number of rotatable bonds is 19. The third kappa shape index (κ3) is 10.4. The van der Waals surface area contributed by atoms with Crippen LogP contribution in [0.5, 0.6) is 5.75 Å². The zero-order chi connectivity index (χ0) is 54.9. The number of carbonyl (C=O) groups excluding carboxylic acids is 3. The van der Waals surface area contributed by atoms with Gasteiger partial charge in [0.1, 0.15) is 46.8 Å². The second-order valence-electron chi connectivity index (χ2n) is 18.5. The van der Waals surface area contributed by atoms with Crippen LogP contribution in [0.3, 0.4) is 0 Å². The monoisotopic (exact) mass is 1090 g/mol. The molecule has 0 radical (unpaired) electrons. The molecule has 9 aromatic rings. The van der Waals surface area contributed by atoms with E-state index in [9.17, 15) is 14.9 Å². The van der Waals surface area contributed by atoms with Gasteiger partial charge in [0.05, 0.1) is 7.11 Å². The molecule has 2 aliphatic heterocycles. The summed E-state index contributed by atoms with van der Waals surface area (Å²) in [5.41, 5.74) is 3.89. The Kier molecular flexibility index (Phi) is 15.3. The number of nitrogens with zero attached hydrogens (tertiary/aromatic N) is 5. The number of nitriles is 1. The molecule has 0 aliphatic carbocycles. The fourth-order valence-corrected chi connectivity index (χ4v) is 12.0.